The van der Waals surface area contributed by atoms with Crippen LogP contribution in [0.25, 0.3) is 0 Å². The molecule has 6 aliphatic rings. The Morgan fingerprint density at radius 1 is 0.192 bits per heavy atom. The molecule has 14 rings (SSSR count). The van der Waals surface area contributed by atoms with E-state index in [0.717, 1.165) is 161 Å². The molecule has 0 unspecified atom stereocenters. The van der Waals surface area contributed by atoms with Gasteiger partial charge in [0.25, 0.3) is 0 Å². The molecule has 0 amide bonds. The molecule has 0 aromatic heterocycles. The van der Waals surface area contributed by atoms with Gasteiger partial charge < -0.3 is 37.9 Å². The number of fused-ring (bicyclic) bond motifs is 12. The first-order chi connectivity index (χ1) is 48.9. The largest absolute Gasteiger partial charge is 0.489 e. The van der Waals surface area contributed by atoms with E-state index < -0.39 is 0 Å². The summed E-state index contributed by atoms with van der Waals surface area (Å²) in [5.74, 6) is 6.93. The van der Waals surface area contributed by atoms with Crippen molar-refractivity contribution in [1.82, 2.24) is 0 Å². The van der Waals surface area contributed by atoms with Gasteiger partial charge in [0, 0.05) is 51.4 Å². The summed E-state index contributed by atoms with van der Waals surface area (Å²) in [4.78, 5) is 0. The van der Waals surface area contributed by atoms with Gasteiger partial charge in [0.2, 0.25) is 0 Å². The van der Waals surface area contributed by atoms with Gasteiger partial charge in [0.15, 0.2) is 0 Å². The SMILES string of the molecule is CC(C)(C)CC(C)(C)c1cc2c3c(c1)Cc1cc(C(C)(C)CC(C)(C)C)cc4c1OCCOc1c5cccc1Cc1cccc6c1OCCOc1c(cc(C(C)(C)CC(C)(C)C)cc1C4)Cc1cc(C(C)(C)CC(C)(C)C)cc(c1OCCOc1c(cccc1C6)Cc1cccc(c1OCCO3)C5)C2. The minimum Gasteiger partial charge on any atom is -0.489 e. The summed E-state index contributed by atoms with van der Waals surface area (Å²) in [5, 5.41) is 0. The van der Waals surface area contributed by atoms with E-state index in [1.165, 1.54) is 22.3 Å². The highest BCUT2D eigenvalue weighted by Gasteiger charge is 2.37. The number of hydrogen-bond acceptors (Lipinski definition) is 8. The van der Waals surface area contributed by atoms with Gasteiger partial charge in [-0.2, -0.15) is 0 Å². The zero-order valence-corrected chi connectivity index (χ0v) is 67.0. The summed E-state index contributed by atoms with van der Waals surface area (Å²) in [6.07, 6.45) is 8.20. The molecule has 8 aromatic carbocycles. The molecule has 4 heterocycles. The molecule has 0 radical (unpaired) electrons. The van der Waals surface area contributed by atoms with Gasteiger partial charge >= 0.3 is 0 Å². The lowest BCUT2D eigenvalue weighted by Crippen LogP contribution is -2.26. The molecule has 0 spiro atoms. The predicted molar refractivity (Wildman–Crippen MR) is 426 cm³/mol. The Labute approximate surface area is 624 Å². The fourth-order valence-corrected chi connectivity index (χ4v) is 19.3. The van der Waals surface area contributed by atoms with Gasteiger partial charge in [-0.1, -0.05) is 260 Å². The van der Waals surface area contributed by atoms with Crippen molar-refractivity contribution in [2.75, 3.05) is 52.9 Å². The smallest absolute Gasteiger partial charge is 0.126 e. The quantitative estimate of drug-likeness (QED) is 0.149. The van der Waals surface area contributed by atoms with E-state index in [-0.39, 0.29) is 43.3 Å². The van der Waals surface area contributed by atoms with E-state index in [1.54, 1.807) is 0 Å². The highest BCUT2D eigenvalue weighted by atomic mass is 16.5. The van der Waals surface area contributed by atoms with E-state index in [4.69, 9.17) is 37.9 Å². The second-order valence-electron chi connectivity index (χ2n) is 38.8. The Kier molecular flexibility index (Phi) is 20.4. The molecule has 2 aliphatic carbocycles. The van der Waals surface area contributed by atoms with Crippen LogP contribution in [0.5, 0.6) is 46.0 Å². The first-order valence-electron chi connectivity index (χ1n) is 39.0. The van der Waals surface area contributed by atoms with Gasteiger partial charge in [-0.15, -0.1) is 0 Å². The number of ether oxygens (including phenoxy) is 8. The van der Waals surface area contributed by atoms with Crippen LogP contribution in [-0.2, 0) is 73.0 Å². The second-order valence-corrected chi connectivity index (χ2v) is 38.8. The van der Waals surface area contributed by atoms with Crippen LogP contribution in [0.1, 0.15) is 275 Å². The molecule has 0 saturated heterocycles. The Bertz CT molecular complexity index is 3760. The average molecular weight is 1400 g/mol. The van der Waals surface area contributed by atoms with E-state index in [1.807, 2.05) is 0 Å². The summed E-state index contributed by atoms with van der Waals surface area (Å²) >= 11 is 0. The highest BCUT2D eigenvalue weighted by molar-refractivity contribution is 5.62. The van der Waals surface area contributed by atoms with Crippen LogP contribution in [0.15, 0.2) is 121 Å². The minimum absolute atomic E-state index is 0.0253. The molecule has 552 valence electrons. The molecule has 0 fully saturated rings. The third kappa shape index (κ3) is 16.9. The minimum atomic E-state index is -0.250. The molecule has 0 saturated carbocycles. The molecular formula is C96H120O8. The summed E-state index contributed by atoms with van der Waals surface area (Å²) < 4.78 is 60.8. The van der Waals surface area contributed by atoms with Crippen molar-refractivity contribution in [2.24, 2.45) is 21.7 Å². The molecule has 4 aliphatic heterocycles. The van der Waals surface area contributed by atoms with Gasteiger partial charge in [-0.25, -0.2) is 0 Å². The van der Waals surface area contributed by atoms with Crippen LogP contribution in [0.3, 0.4) is 0 Å². The molecule has 8 aromatic rings. The second kappa shape index (κ2) is 28.5. The van der Waals surface area contributed by atoms with Gasteiger partial charge in [0.1, 0.15) is 98.9 Å². The van der Waals surface area contributed by atoms with Crippen LogP contribution in [0.4, 0.5) is 0 Å². The van der Waals surface area contributed by atoms with Crippen molar-refractivity contribution >= 4 is 0 Å². The molecular weight excluding hydrogens is 1280 g/mol. The van der Waals surface area contributed by atoms with Crippen LogP contribution in [0.2, 0.25) is 0 Å². The average Bonchev–Trinajstić information content (AvgIpc) is 0.754. The lowest BCUT2D eigenvalue weighted by atomic mass is 9.70. The van der Waals surface area contributed by atoms with Crippen molar-refractivity contribution in [1.29, 1.82) is 0 Å². The number of para-hydroxylation sites is 4. The third-order valence-corrected chi connectivity index (χ3v) is 22.1. The standard InChI is InChI=1S/C96H120O8/c1-89(2,3)57-93(13,14)77-49-69-45-71-51-78(94(15,16)58-90(4,5)6)53-73-47-75-55-80(96(19,20)60-92(10,11)12)56-76-48-74-54-79(95(17,18)59-91(7,8)9)52-72-46-70(50-77)85(69)101-37-33-97-81-61-25-21-26-62(81)42-64-28-23-30-66(83(64)99-35-39-103-87(72)74)44-68-32-24-31-67(84(68)100-36-40-104-88(75)76)43-65-29-22-27-63(41-61)82(65)98-34-38-102-86(71)73/h21-32,49-56H,33-48,57-60H2,1-20H3. The van der Waals surface area contributed by atoms with Gasteiger partial charge in [-0.05, 0) is 180 Å². The summed E-state index contributed by atoms with van der Waals surface area (Å²) in [7, 11) is 0. The van der Waals surface area contributed by atoms with Crippen molar-refractivity contribution in [3.8, 4) is 46.0 Å². The zero-order valence-electron chi connectivity index (χ0n) is 67.0. The van der Waals surface area contributed by atoms with Crippen molar-refractivity contribution in [3.63, 3.8) is 0 Å². The topological polar surface area (TPSA) is 73.8 Å². The number of hydrogen-bond donors (Lipinski definition) is 0. The molecule has 24 bridgehead atoms. The summed E-state index contributed by atoms with van der Waals surface area (Å²) in [6, 6.07) is 46.6. The molecule has 0 atom stereocenters. The van der Waals surface area contributed by atoms with Crippen molar-refractivity contribution in [3.05, 3.63) is 233 Å². The first kappa shape index (κ1) is 74.4. The van der Waals surface area contributed by atoms with Gasteiger partial charge in [0.05, 0.1) is 0 Å². The Hall–Kier alpha value is -7.84. The van der Waals surface area contributed by atoms with E-state index in [0.29, 0.717) is 104 Å². The highest BCUT2D eigenvalue weighted by Crippen LogP contribution is 2.50. The fourth-order valence-electron chi connectivity index (χ4n) is 19.3. The molecule has 104 heavy (non-hydrogen) atoms. The zero-order chi connectivity index (χ0) is 74.1. The van der Waals surface area contributed by atoms with E-state index >= 15 is 0 Å². The maximum atomic E-state index is 7.75. The van der Waals surface area contributed by atoms with Crippen molar-refractivity contribution in [2.45, 2.75) is 237 Å². The maximum Gasteiger partial charge on any atom is 0.126 e. The molecule has 0 N–H and O–H groups in total. The summed E-state index contributed by atoms with van der Waals surface area (Å²) in [6.45, 7) is 50.5. The van der Waals surface area contributed by atoms with Gasteiger partial charge in [-0.3, -0.25) is 0 Å². The van der Waals surface area contributed by atoms with Crippen molar-refractivity contribution < 1.29 is 37.9 Å². The summed E-state index contributed by atoms with van der Waals surface area (Å²) in [5.41, 5.74) is 21.7. The lowest BCUT2D eigenvalue weighted by Gasteiger charge is -2.36. The number of rotatable bonds is 8. The number of benzene rings is 8. The Balaban J connectivity index is 1.20. The molecule has 8 nitrogen and oxygen atoms in total. The lowest BCUT2D eigenvalue weighted by molar-refractivity contribution is 0.206. The van der Waals surface area contributed by atoms with Crippen LogP contribution in [-0.4, -0.2) is 52.9 Å². The maximum absolute atomic E-state index is 7.75. The third-order valence-electron chi connectivity index (χ3n) is 22.1. The van der Waals surface area contributed by atoms with E-state index in [2.05, 4.69) is 260 Å². The van der Waals surface area contributed by atoms with Crippen LogP contribution < -0.4 is 37.9 Å². The first-order valence-corrected chi connectivity index (χ1v) is 39.0. The fraction of sp³-hybridized carbons (Fsp3) is 0.500. The monoisotopic (exact) mass is 1400 g/mol. The van der Waals surface area contributed by atoms with E-state index in [9.17, 15) is 0 Å². The molecule has 8 heteroatoms. The Morgan fingerprint density at radius 3 is 0.452 bits per heavy atom. The normalized spacial score (nSPS) is 16.0. The van der Waals surface area contributed by atoms with Crippen LogP contribution >= 0.6 is 0 Å². The Morgan fingerprint density at radius 2 is 0.317 bits per heavy atom. The predicted octanol–water partition coefficient (Wildman–Crippen LogP) is 22.7. The van der Waals surface area contributed by atoms with Crippen LogP contribution in [0, 0.1) is 21.7 Å².